The van der Waals surface area contributed by atoms with Gasteiger partial charge in [0.2, 0.25) is 0 Å². The van der Waals surface area contributed by atoms with Crippen molar-refractivity contribution in [1.82, 2.24) is 5.01 Å². The number of anilines is 1. The monoisotopic (exact) mass is 248 g/mol. The van der Waals surface area contributed by atoms with Crippen LogP contribution in [0, 0.1) is 5.41 Å². The van der Waals surface area contributed by atoms with Gasteiger partial charge in [-0.2, -0.15) is 0 Å². The molecule has 2 rings (SSSR count). The lowest BCUT2D eigenvalue weighted by Crippen LogP contribution is -2.46. The standard InChI is InChI=1S/C15H24N2O/c1-13(18-3)15(2)9-11-17(12-10-15)16-14-7-5-4-6-8-14/h4-8,13,16H,9-12H2,1-3H3. The number of rotatable bonds is 4. The zero-order valence-corrected chi connectivity index (χ0v) is 11.6. The van der Waals surface area contributed by atoms with E-state index < -0.39 is 0 Å². The predicted octanol–water partition coefficient (Wildman–Crippen LogP) is 3.15. The van der Waals surface area contributed by atoms with Gasteiger partial charge in [0.15, 0.2) is 0 Å². The summed E-state index contributed by atoms with van der Waals surface area (Å²) in [4.78, 5) is 0. The van der Waals surface area contributed by atoms with Crippen LogP contribution in [0.15, 0.2) is 30.3 Å². The Hall–Kier alpha value is -1.06. The van der Waals surface area contributed by atoms with Crippen molar-refractivity contribution >= 4 is 5.69 Å². The number of piperidine rings is 1. The summed E-state index contributed by atoms with van der Waals surface area (Å²) in [5.74, 6) is 0. The van der Waals surface area contributed by atoms with Crippen LogP contribution < -0.4 is 5.43 Å². The van der Waals surface area contributed by atoms with Gasteiger partial charge in [-0.1, -0.05) is 25.1 Å². The molecular weight excluding hydrogens is 224 g/mol. The highest BCUT2D eigenvalue weighted by molar-refractivity contribution is 5.41. The van der Waals surface area contributed by atoms with E-state index in [0.29, 0.717) is 11.5 Å². The lowest BCUT2D eigenvalue weighted by molar-refractivity contribution is -0.0240. The second kappa shape index (κ2) is 5.72. The number of nitrogens with zero attached hydrogens (tertiary/aromatic N) is 1. The van der Waals surface area contributed by atoms with Gasteiger partial charge in [0.05, 0.1) is 6.10 Å². The van der Waals surface area contributed by atoms with E-state index in [1.165, 1.54) is 18.5 Å². The number of hydrogen-bond donors (Lipinski definition) is 1. The molecule has 1 aromatic rings. The Morgan fingerprint density at radius 3 is 2.39 bits per heavy atom. The number of hydrogen-bond acceptors (Lipinski definition) is 3. The minimum absolute atomic E-state index is 0.309. The third-order valence-electron chi connectivity index (χ3n) is 4.30. The first-order valence-corrected chi connectivity index (χ1v) is 6.73. The summed E-state index contributed by atoms with van der Waals surface area (Å²) in [6.07, 6.45) is 2.67. The Labute approximate surface area is 110 Å². The summed E-state index contributed by atoms with van der Waals surface area (Å²) in [6, 6.07) is 10.4. The molecule has 100 valence electrons. The highest BCUT2D eigenvalue weighted by Gasteiger charge is 2.35. The number of benzene rings is 1. The molecule has 1 fully saturated rings. The van der Waals surface area contributed by atoms with Gasteiger partial charge in [-0.05, 0) is 37.3 Å². The Balaban J connectivity index is 1.87. The maximum absolute atomic E-state index is 5.51. The van der Waals surface area contributed by atoms with E-state index in [1.807, 2.05) is 13.2 Å². The van der Waals surface area contributed by atoms with E-state index in [9.17, 15) is 0 Å². The molecule has 1 aliphatic heterocycles. The van der Waals surface area contributed by atoms with Crippen LogP contribution in [0.25, 0.3) is 0 Å². The number of ether oxygens (including phenoxy) is 1. The highest BCUT2D eigenvalue weighted by atomic mass is 16.5. The Morgan fingerprint density at radius 1 is 1.22 bits per heavy atom. The number of hydrazine groups is 1. The highest BCUT2D eigenvalue weighted by Crippen LogP contribution is 2.35. The zero-order valence-electron chi connectivity index (χ0n) is 11.6. The molecule has 1 aromatic carbocycles. The van der Waals surface area contributed by atoms with E-state index in [1.54, 1.807) is 0 Å². The number of nitrogens with one attached hydrogen (secondary N) is 1. The normalized spacial score (nSPS) is 21.5. The summed E-state index contributed by atoms with van der Waals surface area (Å²) in [5.41, 5.74) is 4.94. The second-order valence-electron chi connectivity index (χ2n) is 5.50. The molecule has 0 spiro atoms. The lowest BCUT2D eigenvalue weighted by Gasteiger charge is -2.42. The van der Waals surface area contributed by atoms with Gasteiger partial charge in [0.1, 0.15) is 0 Å². The minimum Gasteiger partial charge on any atom is -0.381 e. The fourth-order valence-electron chi connectivity index (χ4n) is 2.52. The molecule has 1 unspecified atom stereocenters. The Kier molecular flexibility index (Phi) is 4.25. The van der Waals surface area contributed by atoms with Crippen LogP contribution >= 0.6 is 0 Å². The Bertz CT molecular complexity index is 358. The molecule has 0 aliphatic carbocycles. The van der Waals surface area contributed by atoms with E-state index in [0.717, 1.165) is 13.1 Å². The van der Waals surface area contributed by atoms with Gasteiger partial charge < -0.3 is 10.2 Å². The largest absolute Gasteiger partial charge is 0.381 e. The Morgan fingerprint density at radius 2 is 1.83 bits per heavy atom. The van der Waals surface area contributed by atoms with Crippen molar-refractivity contribution < 1.29 is 4.74 Å². The molecule has 0 aromatic heterocycles. The maximum atomic E-state index is 5.51. The third-order valence-corrected chi connectivity index (χ3v) is 4.30. The van der Waals surface area contributed by atoms with Crippen LogP contribution in [0.4, 0.5) is 5.69 Å². The summed E-state index contributed by atoms with van der Waals surface area (Å²) in [5, 5.41) is 2.31. The van der Waals surface area contributed by atoms with Crippen molar-refractivity contribution in [1.29, 1.82) is 0 Å². The maximum Gasteiger partial charge on any atom is 0.0597 e. The molecule has 1 atom stereocenters. The minimum atomic E-state index is 0.309. The first-order chi connectivity index (χ1) is 8.64. The molecule has 0 radical (unpaired) electrons. The summed E-state index contributed by atoms with van der Waals surface area (Å²) >= 11 is 0. The smallest absolute Gasteiger partial charge is 0.0597 e. The molecule has 0 bridgehead atoms. The number of methoxy groups -OCH3 is 1. The van der Waals surface area contributed by atoms with Crippen LogP contribution in [-0.4, -0.2) is 31.3 Å². The number of para-hydroxylation sites is 1. The molecule has 1 heterocycles. The van der Waals surface area contributed by atoms with Gasteiger partial charge in [-0.15, -0.1) is 0 Å². The van der Waals surface area contributed by atoms with Crippen LogP contribution in [0.5, 0.6) is 0 Å². The van der Waals surface area contributed by atoms with Crippen LogP contribution in [-0.2, 0) is 4.74 Å². The summed E-state index contributed by atoms with van der Waals surface area (Å²) in [7, 11) is 1.81. The summed E-state index contributed by atoms with van der Waals surface area (Å²) in [6.45, 7) is 6.65. The third kappa shape index (κ3) is 3.03. The SMILES string of the molecule is COC(C)C1(C)CCN(Nc2ccccc2)CC1. The molecule has 1 aliphatic rings. The quantitative estimate of drug-likeness (QED) is 0.886. The van der Waals surface area contributed by atoms with Crippen LogP contribution in [0.1, 0.15) is 26.7 Å². The molecular formula is C15H24N2O. The predicted molar refractivity (Wildman–Crippen MR) is 75.4 cm³/mol. The molecule has 3 heteroatoms. The fourth-order valence-corrected chi connectivity index (χ4v) is 2.52. The molecule has 0 amide bonds. The fraction of sp³-hybridized carbons (Fsp3) is 0.600. The average molecular weight is 248 g/mol. The van der Waals surface area contributed by atoms with Crippen LogP contribution in [0.2, 0.25) is 0 Å². The van der Waals surface area contributed by atoms with Crippen molar-refractivity contribution in [2.24, 2.45) is 5.41 Å². The molecule has 0 saturated carbocycles. The van der Waals surface area contributed by atoms with E-state index in [-0.39, 0.29) is 0 Å². The van der Waals surface area contributed by atoms with Gasteiger partial charge in [-0.3, -0.25) is 0 Å². The van der Waals surface area contributed by atoms with Crippen molar-refractivity contribution in [3.8, 4) is 0 Å². The molecule has 1 saturated heterocycles. The molecule has 3 nitrogen and oxygen atoms in total. The zero-order chi connectivity index (χ0) is 13.0. The average Bonchev–Trinajstić information content (AvgIpc) is 2.42. The first kappa shape index (κ1) is 13.4. The second-order valence-corrected chi connectivity index (χ2v) is 5.50. The van der Waals surface area contributed by atoms with E-state index >= 15 is 0 Å². The van der Waals surface area contributed by atoms with Crippen molar-refractivity contribution in [3.63, 3.8) is 0 Å². The first-order valence-electron chi connectivity index (χ1n) is 6.73. The van der Waals surface area contributed by atoms with Gasteiger partial charge in [-0.25, -0.2) is 5.01 Å². The van der Waals surface area contributed by atoms with Crippen LogP contribution in [0.3, 0.4) is 0 Å². The van der Waals surface area contributed by atoms with Gasteiger partial charge in [0, 0.05) is 25.9 Å². The van der Waals surface area contributed by atoms with E-state index in [2.05, 4.69) is 48.5 Å². The van der Waals surface area contributed by atoms with Crippen molar-refractivity contribution in [3.05, 3.63) is 30.3 Å². The lowest BCUT2D eigenvalue weighted by atomic mass is 9.76. The van der Waals surface area contributed by atoms with Gasteiger partial charge in [0.25, 0.3) is 0 Å². The van der Waals surface area contributed by atoms with Gasteiger partial charge >= 0.3 is 0 Å². The van der Waals surface area contributed by atoms with Crippen molar-refractivity contribution in [2.45, 2.75) is 32.8 Å². The summed E-state index contributed by atoms with van der Waals surface area (Å²) < 4.78 is 5.51. The van der Waals surface area contributed by atoms with E-state index in [4.69, 9.17) is 4.74 Å². The topological polar surface area (TPSA) is 24.5 Å². The van der Waals surface area contributed by atoms with Crippen molar-refractivity contribution in [2.75, 3.05) is 25.6 Å². The molecule has 18 heavy (non-hydrogen) atoms. The molecule has 1 N–H and O–H groups in total.